The molecule has 0 atom stereocenters. The fraction of sp³-hybridized carbons (Fsp3) is 0.222. The summed E-state index contributed by atoms with van der Waals surface area (Å²) in [6.07, 6.45) is 0. The van der Waals surface area contributed by atoms with Crippen molar-refractivity contribution in [2.75, 3.05) is 37.0 Å². The van der Waals surface area contributed by atoms with E-state index in [1.54, 1.807) is 31.4 Å². The van der Waals surface area contributed by atoms with Crippen LogP contribution in [-0.2, 0) is 4.79 Å². The van der Waals surface area contributed by atoms with Crippen molar-refractivity contribution in [3.63, 3.8) is 0 Å². The lowest BCUT2D eigenvalue weighted by Gasteiger charge is -2.30. The van der Waals surface area contributed by atoms with Crippen LogP contribution in [0.15, 0.2) is 48.5 Å². The number of anilines is 2. The molecule has 0 radical (unpaired) electrons. The Hall–Kier alpha value is -3.02. The van der Waals surface area contributed by atoms with Crippen LogP contribution in [0.25, 0.3) is 0 Å². The van der Waals surface area contributed by atoms with Gasteiger partial charge in [-0.3, -0.25) is 9.59 Å². The first-order valence-electron chi connectivity index (χ1n) is 7.73. The number of amides is 2. The maximum atomic E-state index is 12.5. The molecule has 24 heavy (non-hydrogen) atoms. The maximum Gasteiger partial charge on any atom is 0.255 e. The number of carbonyl (C=O) groups excluding carboxylic acids is 2. The van der Waals surface area contributed by atoms with Gasteiger partial charge in [0.25, 0.3) is 5.91 Å². The average Bonchev–Trinajstić information content (AvgIpc) is 2.62. The summed E-state index contributed by atoms with van der Waals surface area (Å²) in [6.45, 7) is 1.58. The van der Waals surface area contributed by atoms with Gasteiger partial charge in [-0.05, 0) is 30.3 Å². The third-order valence-corrected chi connectivity index (χ3v) is 3.86. The summed E-state index contributed by atoms with van der Waals surface area (Å²) in [5.41, 5.74) is 2.03. The third kappa shape index (κ3) is 3.48. The second-order valence-electron chi connectivity index (χ2n) is 5.47. The van der Waals surface area contributed by atoms with E-state index in [1.165, 1.54) is 0 Å². The van der Waals surface area contributed by atoms with E-state index in [0.29, 0.717) is 30.1 Å². The number of carbonyl (C=O) groups is 2. The molecule has 1 fully saturated rings. The molecular weight excluding hydrogens is 306 g/mol. The van der Waals surface area contributed by atoms with Gasteiger partial charge >= 0.3 is 0 Å². The van der Waals surface area contributed by atoms with Gasteiger partial charge in [0.1, 0.15) is 5.75 Å². The largest absolute Gasteiger partial charge is 0.497 e. The minimum Gasteiger partial charge on any atom is -0.497 e. The van der Waals surface area contributed by atoms with Crippen molar-refractivity contribution >= 4 is 23.2 Å². The first-order chi connectivity index (χ1) is 11.7. The molecule has 1 aliphatic heterocycles. The van der Waals surface area contributed by atoms with E-state index in [-0.39, 0.29) is 18.4 Å². The van der Waals surface area contributed by atoms with E-state index < -0.39 is 0 Å². The molecule has 0 aromatic heterocycles. The fourth-order valence-corrected chi connectivity index (χ4v) is 2.66. The number of ether oxygens (including phenoxy) is 1. The van der Waals surface area contributed by atoms with Crippen LogP contribution in [0.1, 0.15) is 10.4 Å². The average molecular weight is 325 g/mol. The molecule has 0 aliphatic carbocycles. The van der Waals surface area contributed by atoms with E-state index in [4.69, 9.17) is 4.74 Å². The zero-order valence-electron chi connectivity index (χ0n) is 13.4. The number of hydrogen-bond donors (Lipinski definition) is 2. The zero-order valence-corrected chi connectivity index (χ0v) is 13.4. The Morgan fingerprint density at radius 1 is 1.21 bits per heavy atom. The number of para-hydroxylation sites is 2. The molecule has 6 nitrogen and oxygen atoms in total. The third-order valence-electron chi connectivity index (χ3n) is 3.86. The van der Waals surface area contributed by atoms with Gasteiger partial charge in [0.2, 0.25) is 5.91 Å². The van der Waals surface area contributed by atoms with Crippen molar-refractivity contribution in [2.24, 2.45) is 0 Å². The normalized spacial score (nSPS) is 14.0. The Morgan fingerprint density at radius 3 is 2.83 bits per heavy atom. The van der Waals surface area contributed by atoms with Crippen LogP contribution in [0.3, 0.4) is 0 Å². The molecule has 124 valence electrons. The number of piperazine rings is 1. The van der Waals surface area contributed by atoms with Gasteiger partial charge in [0, 0.05) is 18.7 Å². The lowest BCUT2D eigenvalue weighted by atomic mass is 10.1. The number of methoxy groups -OCH3 is 1. The highest BCUT2D eigenvalue weighted by Gasteiger charge is 2.19. The van der Waals surface area contributed by atoms with Gasteiger partial charge in [0.15, 0.2) is 0 Å². The summed E-state index contributed by atoms with van der Waals surface area (Å²) in [5, 5.41) is 5.72. The van der Waals surface area contributed by atoms with Gasteiger partial charge in [0.05, 0.1) is 25.0 Å². The molecule has 0 unspecified atom stereocenters. The molecule has 2 aromatic rings. The van der Waals surface area contributed by atoms with E-state index in [0.717, 1.165) is 5.69 Å². The molecule has 0 saturated carbocycles. The van der Waals surface area contributed by atoms with Crippen LogP contribution in [0.5, 0.6) is 5.75 Å². The molecule has 0 bridgehead atoms. The van der Waals surface area contributed by atoms with Gasteiger partial charge in [-0.1, -0.05) is 18.2 Å². The lowest BCUT2D eigenvalue weighted by molar-refractivity contribution is -0.120. The molecular formula is C18H19N3O3. The first-order valence-corrected chi connectivity index (χ1v) is 7.73. The van der Waals surface area contributed by atoms with Crippen LogP contribution in [0.2, 0.25) is 0 Å². The Balaban J connectivity index is 1.82. The smallest absolute Gasteiger partial charge is 0.255 e. The van der Waals surface area contributed by atoms with Crippen molar-refractivity contribution < 1.29 is 14.3 Å². The summed E-state index contributed by atoms with van der Waals surface area (Å²) in [5.74, 6) is 0.390. The van der Waals surface area contributed by atoms with Crippen molar-refractivity contribution in [1.82, 2.24) is 5.32 Å². The van der Waals surface area contributed by atoms with Crippen LogP contribution in [-0.4, -0.2) is 38.6 Å². The number of nitrogens with one attached hydrogen (secondary N) is 2. The Bertz CT molecular complexity index is 761. The molecule has 3 rings (SSSR count). The number of benzene rings is 2. The van der Waals surface area contributed by atoms with Gasteiger partial charge in [-0.15, -0.1) is 0 Å². The van der Waals surface area contributed by atoms with Crippen LogP contribution in [0.4, 0.5) is 11.4 Å². The lowest BCUT2D eigenvalue weighted by Crippen LogP contribution is -2.47. The number of hydrogen-bond acceptors (Lipinski definition) is 4. The van der Waals surface area contributed by atoms with Crippen molar-refractivity contribution in [1.29, 1.82) is 0 Å². The van der Waals surface area contributed by atoms with Crippen LogP contribution >= 0.6 is 0 Å². The second kappa shape index (κ2) is 7.04. The van der Waals surface area contributed by atoms with E-state index >= 15 is 0 Å². The zero-order chi connectivity index (χ0) is 16.9. The maximum absolute atomic E-state index is 12.5. The van der Waals surface area contributed by atoms with Gasteiger partial charge in [-0.2, -0.15) is 0 Å². The summed E-state index contributed by atoms with van der Waals surface area (Å²) in [7, 11) is 1.56. The van der Waals surface area contributed by atoms with Crippen molar-refractivity contribution in [2.45, 2.75) is 0 Å². The van der Waals surface area contributed by atoms with Gasteiger partial charge in [-0.25, -0.2) is 0 Å². The molecule has 1 heterocycles. The van der Waals surface area contributed by atoms with Crippen LogP contribution in [0, 0.1) is 0 Å². The standard InChI is InChI=1S/C18H19N3O3/c1-24-14-6-4-5-13(11-14)18(23)20-15-7-2-3-8-16(15)21-10-9-19-17(22)12-21/h2-8,11H,9-10,12H2,1H3,(H,19,22)(H,20,23). The van der Waals surface area contributed by atoms with Crippen molar-refractivity contribution in [3.8, 4) is 5.75 Å². The Labute approximate surface area is 140 Å². The highest BCUT2D eigenvalue weighted by atomic mass is 16.5. The van der Waals surface area contributed by atoms with Gasteiger partial charge < -0.3 is 20.3 Å². The van der Waals surface area contributed by atoms with E-state index in [1.807, 2.05) is 29.2 Å². The molecule has 1 aliphatic rings. The summed E-state index contributed by atoms with van der Waals surface area (Å²) < 4.78 is 5.15. The second-order valence-corrected chi connectivity index (χ2v) is 5.47. The fourth-order valence-electron chi connectivity index (χ4n) is 2.66. The predicted molar refractivity (Wildman–Crippen MR) is 92.6 cm³/mol. The minimum absolute atomic E-state index is 0.0184. The van der Waals surface area contributed by atoms with Crippen molar-refractivity contribution in [3.05, 3.63) is 54.1 Å². The summed E-state index contributed by atoms with van der Waals surface area (Å²) in [4.78, 5) is 26.1. The quantitative estimate of drug-likeness (QED) is 0.900. The molecule has 0 spiro atoms. The summed E-state index contributed by atoms with van der Waals surface area (Å²) >= 11 is 0. The Morgan fingerprint density at radius 2 is 2.04 bits per heavy atom. The monoisotopic (exact) mass is 325 g/mol. The topological polar surface area (TPSA) is 70.7 Å². The number of rotatable bonds is 4. The highest BCUT2D eigenvalue weighted by molar-refractivity contribution is 6.06. The molecule has 2 amide bonds. The molecule has 1 saturated heterocycles. The molecule has 2 N–H and O–H groups in total. The van der Waals surface area contributed by atoms with Crippen LogP contribution < -0.4 is 20.3 Å². The summed E-state index contributed by atoms with van der Waals surface area (Å²) in [6, 6.07) is 14.5. The van der Waals surface area contributed by atoms with E-state index in [9.17, 15) is 9.59 Å². The Kier molecular flexibility index (Phi) is 4.65. The molecule has 2 aromatic carbocycles. The van der Waals surface area contributed by atoms with E-state index in [2.05, 4.69) is 10.6 Å². The highest BCUT2D eigenvalue weighted by Crippen LogP contribution is 2.26. The minimum atomic E-state index is -0.220. The number of nitrogens with zero attached hydrogens (tertiary/aromatic N) is 1. The SMILES string of the molecule is COc1cccc(C(=O)Nc2ccccc2N2CCNC(=O)C2)c1. The predicted octanol–water partition coefficient (Wildman–Crippen LogP) is 1.88. The molecule has 6 heteroatoms. The first kappa shape index (κ1) is 15.9.